The molecule has 9 heteroatoms. The number of hydrogen-bond acceptors (Lipinski definition) is 4. The second-order valence-electron chi connectivity index (χ2n) is 9.90. The summed E-state index contributed by atoms with van der Waals surface area (Å²) in [5.41, 5.74) is 5.95. The minimum atomic E-state index is -1.29. The van der Waals surface area contributed by atoms with Gasteiger partial charge in [-0.1, -0.05) is 26.0 Å². The molecule has 1 fully saturated rings. The molecule has 2 aromatic rings. The van der Waals surface area contributed by atoms with E-state index in [2.05, 4.69) is 27.9 Å². The Labute approximate surface area is 231 Å². The molecule has 1 aliphatic carbocycles. The normalized spacial score (nSPS) is 20.3. The number of nitrogens with two attached hydrogens (primary N) is 1. The fourth-order valence-corrected chi connectivity index (χ4v) is 5.95. The van der Waals surface area contributed by atoms with E-state index in [1.165, 1.54) is 12.1 Å². The fraction of sp³-hybridized carbons (Fsp3) is 0.500. The zero-order valence-electron chi connectivity index (χ0n) is 21.4. The van der Waals surface area contributed by atoms with Gasteiger partial charge in [0.2, 0.25) is 11.8 Å². The summed E-state index contributed by atoms with van der Waals surface area (Å²) in [6, 6.07) is 11.1. The van der Waals surface area contributed by atoms with E-state index in [1.54, 1.807) is 4.90 Å². The van der Waals surface area contributed by atoms with Crippen LogP contribution in [0.2, 0.25) is 0 Å². The van der Waals surface area contributed by atoms with Crippen LogP contribution in [-0.2, 0) is 22.6 Å². The Hall–Kier alpha value is -2.11. The summed E-state index contributed by atoms with van der Waals surface area (Å²) in [7, 11) is 0. The van der Waals surface area contributed by atoms with Crippen LogP contribution < -0.4 is 11.1 Å². The molecule has 2 unspecified atom stereocenters. The highest BCUT2D eigenvalue weighted by Crippen LogP contribution is 2.60. The van der Waals surface area contributed by atoms with Gasteiger partial charge in [0.15, 0.2) is 0 Å². The van der Waals surface area contributed by atoms with E-state index in [1.807, 2.05) is 38.1 Å². The average Bonchev–Trinajstić information content (AvgIpc) is 3.58. The Bertz CT molecular complexity index is 1080. The minimum absolute atomic E-state index is 0.00897. The lowest BCUT2D eigenvalue weighted by atomic mass is 9.77. The first-order valence-electron chi connectivity index (χ1n) is 12.8. The highest BCUT2D eigenvalue weighted by molar-refractivity contribution is 14.1. The van der Waals surface area contributed by atoms with Crippen LogP contribution >= 0.6 is 22.6 Å². The van der Waals surface area contributed by atoms with Crippen LogP contribution in [-0.4, -0.2) is 47.6 Å². The Morgan fingerprint density at radius 1 is 1.14 bits per heavy atom. The third-order valence-electron chi connectivity index (χ3n) is 7.13. The monoisotopic (exact) mass is 627 g/mol. The molecular weight excluding hydrogens is 591 g/mol. The van der Waals surface area contributed by atoms with Crippen molar-refractivity contribution in [1.82, 2.24) is 10.2 Å². The molecule has 2 aromatic carbocycles. The summed E-state index contributed by atoms with van der Waals surface area (Å²) in [5.74, 6) is -3.78. The molecule has 0 aliphatic heterocycles. The Morgan fingerprint density at radius 3 is 2.35 bits per heavy atom. The van der Waals surface area contributed by atoms with Crippen molar-refractivity contribution in [2.75, 3.05) is 19.6 Å². The summed E-state index contributed by atoms with van der Waals surface area (Å²) in [4.78, 5) is 28.1. The third-order valence-corrected chi connectivity index (χ3v) is 7.81. The zero-order valence-corrected chi connectivity index (χ0v) is 23.5. The van der Waals surface area contributed by atoms with Crippen LogP contribution in [0.3, 0.4) is 0 Å². The van der Waals surface area contributed by atoms with E-state index in [0.717, 1.165) is 28.0 Å². The summed E-state index contributed by atoms with van der Waals surface area (Å²) in [6.07, 6.45) is 0.694. The molecule has 0 saturated heterocycles. The van der Waals surface area contributed by atoms with Gasteiger partial charge in [0.1, 0.15) is 11.6 Å². The molecular formula is C28H36F2IN3O3. The lowest BCUT2D eigenvalue weighted by molar-refractivity contribution is -0.138. The van der Waals surface area contributed by atoms with E-state index >= 15 is 0 Å². The van der Waals surface area contributed by atoms with Crippen LogP contribution in [0.4, 0.5) is 8.78 Å². The predicted octanol–water partition coefficient (Wildman–Crippen LogP) is 4.02. The number of aliphatic hydroxyl groups excluding tert-OH is 1. The van der Waals surface area contributed by atoms with Crippen LogP contribution in [0.5, 0.6) is 0 Å². The van der Waals surface area contributed by atoms with Crippen molar-refractivity contribution < 1.29 is 23.5 Å². The van der Waals surface area contributed by atoms with E-state index in [9.17, 15) is 23.5 Å². The maximum atomic E-state index is 14.0. The molecule has 37 heavy (non-hydrogen) atoms. The minimum Gasteiger partial charge on any atom is -0.391 e. The largest absolute Gasteiger partial charge is 0.391 e. The molecule has 0 heterocycles. The SMILES string of the molecule is CCCN(CCC)C(=O)C1CC1(C(N)=O)[C@H](Cc1cc(F)cc(F)c1)[C@@H](O)CNCc1cccc(I)c1. The number of hydrogen-bond donors (Lipinski definition) is 3. The van der Waals surface area contributed by atoms with Gasteiger partial charge in [-0.2, -0.15) is 0 Å². The summed E-state index contributed by atoms with van der Waals surface area (Å²) in [5, 5.41) is 14.5. The number of primary amides is 1. The molecule has 4 atom stereocenters. The average molecular weight is 628 g/mol. The van der Waals surface area contributed by atoms with Crippen LogP contribution in [0.15, 0.2) is 42.5 Å². The van der Waals surface area contributed by atoms with Gasteiger partial charge >= 0.3 is 0 Å². The molecule has 0 radical (unpaired) electrons. The van der Waals surface area contributed by atoms with Crippen molar-refractivity contribution in [2.45, 2.75) is 52.2 Å². The lowest BCUT2D eigenvalue weighted by Crippen LogP contribution is -2.46. The molecule has 1 saturated carbocycles. The number of carbonyl (C=O) groups is 2. The van der Waals surface area contributed by atoms with Gasteiger partial charge in [0.05, 0.1) is 17.4 Å². The maximum Gasteiger partial charge on any atom is 0.226 e. The number of aliphatic hydroxyl groups is 1. The van der Waals surface area contributed by atoms with Crippen molar-refractivity contribution in [3.8, 4) is 0 Å². The van der Waals surface area contributed by atoms with Gasteiger partial charge in [-0.3, -0.25) is 9.59 Å². The lowest BCUT2D eigenvalue weighted by Gasteiger charge is -2.32. The number of benzene rings is 2. The Morgan fingerprint density at radius 2 is 1.78 bits per heavy atom. The van der Waals surface area contributed by atoms with E-state index in [-0.39, 0.29) is 25.3 Å². The second kappa shape index (κ2) is 13.1. The first-order chi connectivity index (χ1) is 17.6. The molecule has 3 rings (SSSR count). The molecule has 202 valence electrons. The van der Waals surface area contributed by atoms with E-state index < -0.39 is 40.9 Å². The van der Waals surface area contributed by atoms with E-state index in [4.69, 9.17) is 5.73 Å². The smallest absolute Gasteiger partial charge is 0.226 e. The number of nitrogens with one attached hydrogen (secondary N) is 1. The fourth-order valence-electron chi connectivity index (χ4n) is 5.34. The first-order valence-corrected chi connectivity index (χ1v) is 13.9. The quantitative estimate of drug-likeness (QED) is 0.276. The highest BCUT2D eigenvalue weighted by atomic mass is 127. The summed E-state index contributed by atoms with van der Waals surface area (Å²) in [6.45, 7) is 5.71. The number of rotatable bonds is 14. The van der Waals surface area contributed by atoms with Gasteiger partial charge in [-0.05, 0) is 83.7 Å². The molecule has 0 bridgehead atoms. The van der Waals surface area contributed by atoms with Gasteiger partial charge in [0, 0.05) is 41.7 Å². The van der Waals surface area contributed by atoms with Crippen molar-refractivity contribution in [2.24, 2.45) is 23.0 Å². The van der Waals surface area contributed by atoms with Crippen LogP contribution in [0.25, 0.3) is 0 Å². The van der Waals surface area contributed by atoms with E-state index in [0.29, 0.717) is 25.2 Å². The topological polar surface area (TPSA) is 95.7 Å². The van der Waals surface area contributed by atoms with Crippen molar-refractivity contribution in [3.63, 3.8) is 0 Å². The summed E-state index contributed by atoms with van der Waals surface area (Å²) < 4.78 is 29.1. The zero-order chi connectivity index (χ0) is 27.2. The third kappa shape index (κ3) is 7.26. The first kappa shape index (κ1) is 29.4. The number of carbonyl (C=O) groups excluding carboxylic acids is 2. The maximum absolute atomic E-state index is 14.0. The molecule has 4 N–H and O–H groups in total. The van der Waals surface area contributed by atoms with Crippen molar-refractivity contribution in [1.29, 1.82) is 0 Å². The van der Waals surface area contributed by atoms with Crippen molar-refractivity contribution in [3.05, 3.63) is 68.8 Å². The molecule has 0 spiro atoms. The molecule has 6 nitrogen and oxygen atoms in total. The summed E-state index contributed by atoms with van der Waals surface area (Å²) >= 11 is 2.22. The van der Waals surface area contributed by atoms with Crippen LogP contribution in [0, 0.1) is 32.5 Å². The molecule has 1 aliphatic rings. The standard InChI is InChI=1S/C28H36F2IN3O3/c1-3-8-34(9-4-2)26(36)24-15-28(24,27(32)37)23(13-19-10-20(29)14-21(30)11-19)25(35)17-33-16-18-6-5-7-22(31)12-18/h5-7,10-12,14,23-25,33,35H,3-4,8-9,13,15-17H2,1-2H3,(H2,32,37)/t23-,24?,25+,28?/m1/s1. The number of nitrogens with zero attached hydrogens (tertiary/aromatic N) is 1. The highest BCUT2D eigenvalue weighted by Gasteiger charge is 2.68. The molecule has 0 aromatic heterocycles. The van der Waals surface area contributed by atoms with Gasteiger partial charge in [-0.15, -0.1) is 0 Å². The number of amides is 2. The number of halogens is 3. The van der Waals surface area contributed by atoms with Crippen LogP contribution in [0.1, 0.15) is 44.2 Å². The predicted molar refractivity (Wildman–Crippen MR) is 147 cm³/mol. The van der Waals surface area contributed by atoms with Gasteiger partial charge in [-0.25, -0.2) is 8.78 Å². The Balaban J connectivity index is 1.86. The van der Waals surface area contributed by atoms with Gasteiger partial charge < -0.3 is 21.1 Å². The second-order valence-corrected chi connectivity index (χ2v) is 11.1. The van der Waals surface area contributed by atoms with Crippen molar-refractivity contribution >= 4 is 34.4 Å². The van der Waals surface area contributed by atoms with Gasteiger partial charge in [0.25, 0.3) is 0 Å². The Kier molecular flexibility index (Phi) is 10.4. The molecule has 2 amide bonds.